The summed E-state index contributed by atoms with van der Waals surface area (Å²) in [4.78, 5) is 3.63. The maximum Gasteiger partial charge on any atom is 0.0714 e. The lowest BCUT2D eigenvalue weighted by Crippen LogP contribution is -2.35. The first-order valence-electron chi connectivity index (χ1n) is 13.3. The number of nitrogens with one attached hydrogen (secondary N) is 2. The van der Waals surface area contributed by atoms with E-state index in [4.69, 9.17) is 0 Å². The van der Waals surface area contributed by atoms with Crippen molar-refractivity contribution >= 4 is 27.5 Å². The van der Waals surface area contributed by atoms with Gasteiger partial charge in [0.25, 0.3) is 0 Å². The molecule has 1 aromatic heterocycles. The van der Waals surface area contributed by atoms with Crippen molar-refractivity contribution in [1.82, 2.24) is 4.98 Å². The predicted molar refractivity (Wildman–Crippen MR) is 162 cm³/mol. The molecule has 0 saturated heterocycles. The fraction of sp³-hybridized carbons (Fsp3) is 0.111. The van der Waals surface area contributed by atoms with E-state index >= 15 is 0 Å². The molecule has 2 heterocycles. The molecule has 0 aliphatic carbocycles. The van der Waals surface area contributed by atoms with Gasteiger partial charge >= 0.3 is 0 Å². The van der Waals surface area contributed by atoms with E-state index in [0.717, 1.165) is 5.52 Å². The third-order valence-electron chi connectivity index (χ3n) is 7.74. The second-order valence-corrected chi connectivity index (χ2v) is 9.78. The van der Waals surface area contributed by atoms with E-state index in [9.17, 15) is 0 Å². The number of hydrogen-bond acceptors (Lipinski definition) is 1. The quantitative estimate of drug-likeness (QED) is 0.237. The van der Waals surface area contributed by atoms with Crippen molar-refractivity contribution < 1.29 is 0 Å². The highest BCUT2D eigenvalue weighted by molar-refractivity contribution is 6.15. The Morgan fingerprint density at radius 2 is 1.13 bits per heavy atom. The summed E-state index contributed by atoms with van der Waals surface area (Å²) in [6, 6.07) is 46.0. The van der Waals surface area contributed by atoms with Crippen LogP contribution in [-0.2, 0) is 5.41 Å². The Bertz CT molecular complexity index is 1650. The molecule has 0 fully saturated rings. The zero-order chi connectivity index (χ0) is 26.0. The fourth-order valence-electron chi connectivity index (χ4n) is 6.02. The van der Waals surface area contributed by atoms with Gasteiger partial charge in [-0.1, -0.05) is 127 Å². The van der Waals surface area contributed by atoms with E-state index in [0.29, 0.717) is 0 Å². The highest BCUT2D eigenvalue weighted by Crippen LogP contribution is 2.58. The molecule has 0 spiro atoms. The normalized spacial score (nSPS) is 15.7. The summed E-state index contributed by atoms with van der Waals surface area (Å²) in [5.41, 5.74) is 8.36. The summed E-state index contributed by atoms with van der Waals surface area (Å²) in [6.07, 6.45) is 4.00. The van der Waals surface area contributed by atoms with Crippen molar-refractivity contribution in [2.24, 2.45) is 0 Å². The molecule has 2 heteroatoms. The van der Waals surface area contributed by atoms with E-state index < -0.39 is 0 Å². The predicted octanol–water partition coefficient (Wildman–Crippen LogP) is 9.40. The van der Waals surface area contributed by atoms with Gasteiger partial charge in [0.2, 0.25) is 0 Å². The molecule has 2 nitrogen and oxygen atoms in total. The standard InChI is InChI=1S/C32H24N2.C4H8/c1-4-12-22(13-5-1)31-32(23-14-6-2-7-15-23,24-16-8-3-9-17-24)26-20-21-28-29(30(26)34-31)25-18-10-11-19-27(25)33-28;1-3-4-2/h1-21,31,33-34H;3-4H,1-2H3/b;4-3-. The molecule has 2 N–H and O–H groups in total. The molecule has 0 bridgehead atoms. The van der Waals surface area contributed by atoms with Crippen molar-refractivity contribution in [3.8, 4) is 0 Å². The Kier molecular flexibility index (Phi) is 6.31. The molecule has 0 amide bonds. The SMILES string of the molecule is C/C=C\C.c1ccc(C2Nc3c(ccc4[nH]c5ccccc5c34)C2(c2ccccc2)c2ccccc2)cc1. The second-order valence-electron chi connectivity index (χ2n) is 9.78. The van der Waals surface area contributed by atoms with Crippen LogP contribution in [0, 0.1) is 0 Å². The Balaban J connectivity index is 0.000000620. The minimum Gasteiger partial charge on any atom is -0.376 e. The molecule has 5 aromatic carbocycles. The summed E-state index contributed by atoms with van der Waals surface area (Å²) in [6.45, 7) is 4.00. The Hall–Kier alpha value is -4.56. The van der Waals surface area contributed by atoms with Gasteiger partial charge in [-0.3, -0.25) is 0 Å². The van der Waals surface area contributed by atoms with Gasteiger partial charge in [0, 0.05) is 27.5 Å². The van der Waals surface area contributed by atoms with E-state index in [1.54, 1.807) is 0 Å². The maximum absolute atomic E-state index is 4.04. The van der Waals surface area contributed by atoms with Crippen molar-refractivity contribution in [1.29, 1.82) is 0 Å². The summed E-state index contributed by atoms with van der Waals surface area (Å²) in [5, 5.41) is 6.56. The van der Waals surface area contributed by atoms with E-state index in [2.05, 4.69) is 138 Å². The van der Waals surface area contributed by atoms with Crippen molar-refractivity contribution in [2.45, 2.75) is 25.3 Å². The number of para-hydroxylation sites is 1. The molecular weight excluding hydrogens is 460 g/mol. The third kappa shape index (κ3) is 3.72. The summed E-state index contributed by atoms with van der Waals surface area (Å²) in [5.74, 6) is 0. The Morgan fingerprint density at radius 1 is 0.579 bits per heavy atom. The van der Waals surface area contributed by atoms with Gasteiger partial charge in [-0.25, -0.2) is 0 Å². The van der Waals surface area contributed by atoms with Crippen LogP contribution in [0.25, 0.3) is 21.8 Å². The number of aromatic amines is 1. The number of H-pyrrole nitrogens is 1. The van der Waals surface area contributed by atoms with Gasteiger partial charge in [0.1, 0.15) is 0 Å². The molecule has 186 valence electrons. The minimum atomic E-state index is -0.369. The van der Waals surface area contributed by atoms with Crippen LogP contribution in [0.3, 0.4) is 0 Å². The minimum absolute atomic E-state index is 0.0489. The van der Waals surface area contributed by atoms with Crippen LogP contribution < -0.4 is 5.32 Å². The number of benzene rings is 5. The van der Waals surface area contributed by atoms with E-state index in [1.807, 2.05) is 26.0 Å². The average Bonchev–Trinajstić information content (AvgIpc) is 3.55. The lowest BCUT2D eigenvalue weighted by molar-refractivity contribution is 0.554. The number of fused-ring (bicyclic) bond motifs is 5. The van der Waals surface area contributed by atoms with Crippen molar-refractivity contribution in [2.75, 3.05) is 5.32 Å². The monoisotopic (exact) mass is 492 g/mol. The van der Waals surface area contributed by atoms with Crippen LogP contribution in [0.15, 0.2) is 140 Å². The van der Waals surface area contributed by atoms with Gasteiger partial charge in [-0.2, -0.15) is 0 Å². The molecular formula is C36H32N2. The summed E-state index contributed by atoms with van der Waals surface area (Å²) in [7, 11) is 0. The summed E-state index contributed by atoms with van der Waals surface area (Å²) < 4.78 is 0. The zero-order valence-corrected chi connectivity index (χ0v) is 21.9. The number of anilines is 1. The van der Waals surface area contributed by atoms with Crippen molar-refractivity contribution in [3.05, 3.63) is 162 Å². The number of hydrogen-bond donors (Lipinski definition) is 2. The van der Waals surface area contributed by atoms with Gasteiger partial charge < -0.3 is 10.3 Å². The zero-order valence-electron chi connectivity index (χ0n) is 21.9. The van der Waals surface area contributed by atoms with Crippen LogP contribution in [0.2, 0.25) is 0 Å². The average molecular weight is 493 g/mol. The van der Waals surface area contributed by atoms with Crippen LogP contribution in [0.4, 0.5) is 5.69 Å². The third-order valence-corrected chi connectivity index (χ3v) is 7.74. The van der Waals surface area contributed by atoms with Crippen LogP contribution in [-0.4, -0.2) is 4.98 Å². The van der Waals surface area contributed by atoms with Gasteiger partial charge in [0.05, 0.1) is 11.5 Å². The number of allylic oxidation sites excluding steroid dienone is 2. The Morgan fingerprint density at radius 3 is 1.74 bits per heavy atom. The van der Waals surface area contributed by atoms with Crippen LogP contribution in [0.5, 0.6) is 0 Å². The highest BCUT2D eigenvalue weighted by Gasteiger charge is 2.50. The molecule has 0 saturated carbocycles. The van der Waals surface area contributed by atoms with Crippen molar-refractivity contribution in [3.63, 3.8) is 0 Å². The largest absolute Gasteiger partial charge is 0.376 e. The van der Waals surface area contributed by atoms with E-state index in [1.165, 1.54) is 44.2 Å². The first-order chi connectivity index (χ1) is 18.8. The lowest BCUT2D eigenvalue weighted by atomic mass is 9.65. The second kappa shape index (κ2) is 10.1. The molecule has 0 radical (unpaired) electrons. The molecule has 1 atom stereocenters. The molecule has 1 unspecified atom stereocenters. The van der Waals surface area contributed by atoms with Crippen LogP contribution in [0.1, 0.15) is 42.1 Å². The molecule has 1 aliphatic rings. The number of rotatable bonds is 3. The molecule has 6 aromatic rings. The first-order valence-corrected chi connectivity index (χ1v) is 13.3. The van der Waals surface area contributed by atoms with Gasteiger partial charge in [-0.05, 0) is 48.2 Å². The smallest absolute Gasteiger partial charge is 0.0714 e. The molecule has 38 heavy (non-hydrogen) atoms. The van der Waals surface area contributed by atoms with E-state index in [-0.39, 0.29) is 11.5 Å². The number of aromatic nitrogens is 1. The maximum atomic E-state index is 4.04. The molecule has 7 rings (SSSR count). The fourth-order valence-corrected chi connectivity index (χ4v) is 6.02. The Labute approximate surface area is 224 Å². The topological polar surface area (TPSA) is 27.8 Å². The first kappa shape index (κ1) is 23.8. The van der Waals surface area contributed by atoms with Gasteiger partial charge in [0.15, 0.2) is 0 Å². The lowest BCUT2D eigenvalue weighted by Gasteiger charge is -2.37. The highest BCUT2D eigenvalue weighted by atomic mass is 15.0. The summed E-state index contributed by atoms with van der Waals surface area (Å²) >= 11 is 0. The molecule has 1 aliphatic heterocycles. The van der Waals surface area contributed by atoms with Crippen LogP contribution >= 0.6 is 0 Å². The van der Waals surface area contributed by atoms with Gasteiger partial charge in [-0.15, -0.1) is 0 Å².